The Balaban J connectivity index is 1.97. The maximum absolute atomic E-state index is 11.8. The highest BCUT2D eigenvalue weighted by Crippen LogP contribution is 2.48. The predicted molar refractivity (Wildman–Crippen MR) is 81.4 cm³/mol. The third-order valence-corrected chi connectivity index (χ3v) is 4.21. The van der Waals surface area contributed by atoms with Crippen LogP contribution >= 0.6 is 0 Å². The van der Waals surface area contributed by atoms with Crippen molar-refractivity contribution in [3.63, 3.8) is 0 Å². The van der Waals surface area contributed by atoms with Gasteiger partial charge in [-0.15, -0.1) is 0 Å². The van der Waals surface area contributed by atoms with Crippen molar-refractivity contribution in [2.24, 2.45) is 5.92 Å². The number of carboxylic acids is 1. The van der Waals surface area contributed by atoms with E-state index in [2.05, 4.69) is 10.6 Å². The van der Waals surface area contributed by atoms with E-state index in [0.29, 0.717) is 24.4 Å². The molecule has 0 radical (unpaired) electrons. The highest BCUT2D eigenvalue weighted by molar-refractivity contribution is 5.90. The highest BCUT2D eigenvalue weighted by atomic mass is 16.4. The van der Waals surface area contributed by atoms with E-state index in [9.17, 15) is 14.7 Å². The lowest BCUT2D eigenvalue weighted by molar-refractivity contribution is -0.140. The lowest BCUT2D eigenvalue weighted by atomic mass is 9.96. The van der Waals surface area contributed by atoms with E-state index in [1.54, 1.807) is 24.3 Å². The number of anilines is 1. The largest absolute Gasteiger partial charge is 0.481 e. The Bertz CT molecular complexity index is 533. The van der Waals surface area contributed by atoms with Gasteiger partial charge in [-0.3, -0.25) is 4.79 Å². The molecular formula is C16H22N2O3. The fourth-order valence-electron chi connectivity index (χ4n) is 2.16. The fourth-order valence-corrected chi connectivity index (χ4v) is 2.16. The van der Waals surface area contributed by atoms with Gasteiger partial charge in [-0.1, -0.05) is 26.0 Å². The van der Waals surface area contributed by atoms with Gasteiger partial charge >= 0.3 is 12.0 Å². The summed E-state index contributed by atoms with van der Waals surface area (Å²) < 4.78 is 0. The van der Waals surface area contributed by atoms with Gasteiger partial charge < -0.3 is 15.7 Å². The number of benzene rings is 1. The van der Waals surface area contributed by atoms with E-state index in [1.165, 1.54) is 0 Å². The molecular weight excluding hydrogens is 268 g/mol. The summed E-state index contributed by atoms with van der Waals surface area (Å²) >= 11 is 0. The molecule has 0 aromatic heterocycles. The SMILES string of the molecule is CC(C)C(C)NC(=O)Nc1ccc(C2(C(=O)O)CC2)cc1. The molecule has 0 bridgehead atoms. The molecule has 0 aliphatic heterocycles. The van der Waals surface area contributed by atoms with Crippen molar-refractivity contribution >= 4 is 17.7 Å². The first-order chi connectivity index (χ1) is 9.85. The molecule has 0 heterocycles. The Labute approximate surface area is 124 Å². The molecule has 1 aliphatic carbocycles. The number of carboxylic acid groups (broad SMARTS) is 1. The smallest absolute Gasteiger partial charge is 0.319 e. The van der Waals surface area contributed by atoms with Crippen LogP contribution in [0.2, 0.25) is 0 Å². The van der Waals surface area contributed by atoms with Crippen LogP contribution in [0, 0.1) is 5.92 Å². The summed E-state index contributed by atoms with van der Waals surface area (Å²) in [6, 6.07) is 6.90. The average Bonchev–Trinajstić information content (AvgIpc) is 3.20. The summed E-state index contributed by atoms with van der Waals surface area (Å²) in [5.74, 6) is -0.407. The molecule has 0 spiro atoms. The van der Waals surface area contributed by atoms with Crippen molar-refractivity contribution < 1.29 is 14.7 Å². The molecule has 1 unspecified atom stereocenters. The van der Waals surface area contributed by atoms with Crippen molar-refractivity contribution in [3.05, 3.63) is 29.8 Å². The third-order valence-electron chi connectivity index (χ3n) is 4.21. The molecule has 2 rings (SSSR count). The van der Waals surface area contributed by atoms with Crippen LogP contribution in [0.15, 0.2) is 24.3 Å². The molecule has 1 saturated carbocycles. The Morgan fingerprint density at radius 3 is 2.14 bits per heavy atom. The van der Waals surface area contributed by atoms with E-state index in [4.69, 9.17) is 0 Å². The predicted octanol–water partition coefficient (Wildman–Crippen LogP) is 2.97. The standard InChI is InChI=1S/C16H22N2O3/c1-10(2)11(3)17-15(21)18-13-6-4-12(5-7-13)16(8-9-16)14(19)20/h4-7,10-11H,8-9H2,1-3H3,(H,19,20)(H2,17,18,21). The lowest BCUT2D eigenvalue weighted by Crippen LogP contribution is -2.39. The number of aliphatic carboxylic acids is 1. The van der Waals surface area contributed by atoms with Crippen molar-refractivity contribution in [2.75, 3.05) is 5.32 Å². The zero-order valence-corrected chi connectivity index (χ0v) is 12.6. The molecule has 1 fully saturated rings. The summed E-state index contributed by atoms with van der Waals surface area (Å²) in [6.45, 7) is 6.04. The summed E-state index contributed by atoms with van der Waals surface area (Å²) in [6.07, 6.45) is 1.36. The van der Waals surface area contributed by atoms with Gasteiger partial charge in [0.15, 0.2) is 0 Å². The summed E-state index contributed by atoms with van der Waals surface area (Å²) in [5.41, 5.74) is 0.761. The first kappa shape index (κ1) is 15.4. The monoisotopic (exact) mass is 290 g/mol. The molecule has 114 valence electrons. The second-order valence-electron chi connectivity index (χ2n) is 6.10. The molecule has 3 N–H and O–H groups in total. The zero-order chi connectivity index (χ0) is 15.6. The maximum Gasteiger partial charge on any atom is 0.319 e. The molecule has 1 aromatic rings. The minimum Gasteiger partial charge on any atom is -0.481 e. The normalized spacial score (nSPS) is 17.1. The van der Waals surface area contributed by atoms with E-state index >= 15 is 0 Å². The summed E-state index contributed by atoms with van der Waals surface area (Å²) in [7, 11) is 0. The fraction of sp³-hybridized carbons (Fsp3) is 0.500. The quantitative estimate of drug-likeness (QED) is 0.780. The van der Waals surface area contributed by atoms with E-state index in [1.807, 2.05) is 20.8 Å². The molecule has 5 heteroatoms. The zero-order valence-electron chi connectivity index (χ0n) is 12.6. The highest BCUT2D eigenvalue weighted by Gasteiger charge is 2.51. The molecule has 1 aromatic carbocycles. The second kappa shape index (κ2) is 5.76. The van der Waals surface area contributed by atoms with Crippen molar-refractivity contribution in [1.29, 1.82) is 0 Å². The van der Waals surface area contributed by atoms with Gasteiger partial charge in [-0.2, -0.15) is 0 Å². The van der Waals surface area contributed by atoms with Gasteiger partial charge in [0, 0.05) is 11.7 Å². The van der Waals surface area contributed by atoms with Crippen molar-refractivity contribution in [1.82, 2.24) is 5.32 Å². The van der Waals surface area contributed by atoms with E-state index in [-0.39, 0.29) is 12.1 Å². The number of carbonyl (C=O) groups is 2. The molecule has 21 heavy (non-hydrogen) atoms. The van der Waals surface area contributed by atoms with Crippen LogP contribution in [0.4, 0.5) is 10.5 Å². The Kier molecular flexibility index (Phi) is 4.21. The lowest BCUT2D eigenvalue weighted by Gasteiger charge is -2.18. The topological polar surface area (TPSA) is 78.4 Å². The Morgan fingerprint density at radius 2 is 1.71 bits per heavy atom. The second-order valence-corrected chi connectivity index (χ2v) is 6.10. The van der Waals surface area contributed by atoms with Crippen LogP contribution in [-0.2, 0) is 10.2 Å². The molecule has 0 saturated heterocycles. The minimum atomic E-state index is -0.772. The summed E-state index contributed by atoms with van der Waals surface area (Å²) in [4.78, 5) is 23.1. The minimum absolute atomic E-state index is 0.0889. The Hall–Kier alpha value is -2.04. The van der Waals surface area contributed by atoms with Gasteiger partial charge in [0.1, 0.15) is 0 Å². The molecule has 5 nitrogen and oxygen atoms in total. The van der Waals surface area contributed by atoms with Crippen LogP contribution in [0.1, 0.15) is 39.2 Å². The van der Waals surface area contributed by atoms with Crippen molar-refractivity contribution in [3.8, 4) is 0 Å². The number of amides is 2. The number of rotatable bonds is 5. The first-order valence-corrected chi connectivity index (χ1v) is 7.26. The van der Waals surface area contributed by atoms with Crippen LogP contribution in [0.3, 0.4) is 0 Å². The van der Waals surface area contributed by atoms with Gasteiger partial charge in [0.05, 0.1) is 5.41 Å². The maximum atomic E-state index is 11.8. The van der Waals surface area contributed by atoms with Gasteiger partial charge in [0.25, 0.3) is 0 Å². The van der Waals surface area contributed by atoms with Crippen LogP contribution in [0.25, 0.3) is 0 Å². The number of nitrogens with one attached hydrogen (secondary N) is 2. The van der Waals surface area contributed by atoms with Crippen molar-refractivity contribution in [2.45, 2.75) is 45.1 Å². The summed E-state index contributed by atoms with van der Waals surface area (Å²) in [5, 5.41) is 14.9. The molecule has 2 amide bonds. The number of urea groups is 1. The van der Waals surface area contributed by atoms with Gasteiger partial charge in [-0.25, -0.2) is 4.79 Å². The van der Waals surface area contributed by atoms with E-state index in [0.717, 1.165) is 5.56 Å². The number of carbonyl (C=O) groups excluding carboxylic acids is 1. The molecule has 1 atom stereocenters. The first-order valence-electron chi connectivity index (χ1n) is 7.26. The average molecular weight is 290 g/mol. The van der Waals surface area contributed by atoms with Gasteiger partial charge in [-0.05, 0) is 43.4 Å². The number of hydrogen-bond acceptors (Lipinski definition) is 2. The number of hydrogen-bond donors (Lipinski definition) is 3. The Morgan fingerprint density at radius 1 is 1.14 bits per heavy atom. The third kappa shape index (κ3) is 3.35. The van der Waals surface area contributed by atoms with Crippen LogP contribution in [-0.4, -0.2) is 23.1 Å². The van der Waals surface area contributed by atoms with Crippen LogP contribution < -0.4 is 10.6 Å². The van der Waals surface area contributed by atoms with E-state index < -0.39 is 11.4 Å². The molecule has 1 aliphatic rings. The van der Waals surface area contributed by atoms with Crippen LogP contribution in [0.5, 0.6) is 0 Å². The van der Waals surface area contributed by atoms with Gasteiger partial charge in [0.2, 0.25) is 0 Å².